The highest BCUT2D eigenvalue weighted by atomic mass is 79.9. The Bertz CT molecular complexity index is 912. The fourth-order valence-corrected chi connectivity index (χ4v) is 6.27. The average Bonchev–Trinajstić information content (AvgIpc) is 2.95. The largest absolute Gasteiger partial charge is 0.494 e. The number of thiophene rings is 1. The van der Waals surface area contributed by atoms with Gasteiger partial charge in [0.1, 0.15) is 16.8 Å². The van der Waals surface area contributed by atoms with Crippen molar-refractivity contribution in [3.8, 4) is 11.8 Å². The number of hydrogen-bond donors (Lipinski definition) is 0. The van der Waals surface area contributed by atoms with E-state index in [9.17, 15) is 5.26 Å². The van der Waals surface area contributed by atoms with Crippen LogP contribution in [0.3, 0.4) is 0 Å². The molecular weight excluding hydrogens is 488 g/mol. The SMILES string of the molecule is COc1c(Br)cc(C=Nc2sc3c(c2C#N)CC[C@@H](C(C)(C)C)C3)cc1Br. The number of hydrogen-bond acceptors (Lipinski definition) is 4. The molecule has 3 rings (SSSR count). The minimum absolute atomic E-state index is 0.291. The molecule has 0 saturated heterocycles. The molecule has 0 radical (unpaired) electrons. The second kappa shape index (κ2) is 8.06. The van der Waals surface area contributed by atoms with E-state index in [0.717, 1.165) is 50.1 Å². The van der Waals surface area contributed by atoms with Crippen LogP contribution in [0.5, 0.6) is 5.75 Å². The number of halogens is 2. The van der Waals surface area contributed by atoms with Gasteiger partial charge in [-0.15, -0.1) is 11.3 Å². The highest BCUT2D eigenvalue weighted by Gasteiger charge is 2.32. The summed E-state index contributed by atoms with van der Waals surface area (Å²) in [5, 5.41) is 10.5. The average molecular weight is 510 g/mol. The van der Waals surface area contributed by atoms with Crippen LogP contribution in [0.1, 0.15) is 48.8 Å². The number of aliphatic imine (C=N–C) groups is 1. The molecule has 142 valence electrons. The van der Waals surface area contributed by atoms with Gasteiger partial charge >= 0.3 is 0 Å². The molecule has 0 unspecified atom stereocenters. The van der Waals surface area contributed by atoms with Crippen molar-refractivity contribution in [2.24, 2.45) is 16.3 Å². The Balaban J connectivity index is 1.92. The summed E-state index contributed by atoms with van der Waals surface area (Å²) in [7, 11) is 1.64. The van der Waals surface area contributed by atoms with Crippen molar-refractivity contribution in [3.63, 3.8) is 0 Å². The van der Waals surface area contributed by atoms with Gasteiger partial charge in [0.15, 0.2) is 0 Å². The Kier molecular flexibility index (Phi) is 6.14. The molecule has 0 bridgehead atoms. The van der Waals surface area contributed by atoms with Crippen molar-refractivity contribution in [1.82, 2.24) is 0 Å². The lowest BCUT2D eigenvalue weighted by atomic mass is 9.72. The first-order valence-corrected chi connectivity index (χ1v) is 11.3. The van der Waals surface area contributed by atoms with Crippen molar-refractivity contribution in [1.29, 1.82) is 5.26 Å². The lowest BCUT2D eigenvalue weighted by Crippen LogP contribution is -2.26. The topological polar surface area (TPSA) is 45.4 Å². The smallest absolute Gasteiger partial charge is 0.147 e. The zero-order valence-corrected chi connectivity index (χ0v) is 19.9. The van der Waals surface area contributed by atoms with Gasteiger partial charge < -0.3 is 4.74 Å². The molecule has 1 heterocycles. The zero-order valence-electron chi connectivity index (χ0n) is 15.9. The van der Waals surface area contributed by atoms with Gasteiger partial charge in [-0.1, -0.05) is 20.8 Å². The summed E-state index contributed by atoms with van der Waals surface area (Å²) < 4.78 is 7.07. The quantitative estimate of drug-likeness (QED) is 0.416. The third kappa shape index (κ3) is 4.31. The monoisotopic (exact) mass is 508 g/mol. The highest BCUT2D eigenvalue weighted by molar-refractivity contribution is 9.11. The second-order valence-corrected chi connectivity index (χ2v) is 10.7. The minimum atomic E-state index is 0.291. The van der Waals surface area contributed by atoms with Crippen molar-refractivity contribution < 1.29 is 4.74 Å². The molecule has 0 saturated carbocycles. The number of fused-ring (bicyclic) bond motifs is 1. The fourth-order valence-electron chi connectivity index (χ4n) is 3.50. The molecule has 6 heteroatoms. The Morgan fingerprint density at radius 3 is 2.52 bits per heavy atom. The summed E-state index contributed by atoms with van der Waals surface area (Å²) in [6.45, 7) is 6.92. The summed E-state index contributed by atoms with van der Waals surface area (Å²) in [6.07, 6.45) is 4.98. The molecule has 3 nitrogen and oxygen atoms in total. The van der Waals surface area contributed by atoms with Crippen LogP contribution in [0.4, 0.5) is 5.00 Å². The van der Waals surface area contributed by atoms with Gasteiger partial charge in [0.2, 0.25) is 0 Å². The van der Waals surface area contributed by atoms with Gasteiger partial charge in [-0.25, -0.2) is 4.99 Å². The van der Waals surface area contributed by atoms with Crippen LogP contribution in [0.15, 0.2) is 26.1 Å². The van der Waals surface area contributed by atoms with Gasteiger partial charge in [-0.2, -0.15) is 5.26 Å². The van der Waals surface area contributed by atoms with Gasteiger partial charge in [-0.05, 0) is 85.7 Å². The number of ether oxygens (including phenoxy) is 1. The maximum Gasteiger partial charge on any atom is 0.147 e. The van der Waals surface area contributed by atoms with Crippen molar-refractivity contribution in [2.75, 3.05) is 7.11 Å². The maximum absolute atomic E-state index is 9.69. The van der Waals surface area contributed by atoms with Gasteiger partial charge in [0.05, 0.1) is 21.6 Å². The molecule has 0 N–H and O–H groups in total. The first-order valence-electron chi connectivity index (χ1n) is 8.86. The van der Waals surface area contributed by atoms with Crippen LogP contribution in [-0.4, -0.2) is 13.3 Å². The number of nitriles is 1. The molecule has 1 aliphatic rings. The number of nitrogens with zero attached hydrogens (tertiary/aromatic N) is 2. The van der Waals surface area contributed by atoms with Crippen LogP contribution < -0.4 is 4.74 Å². The summed E-state index contributed by atoms with van der Waals surface area (Å²) in [6, 6.07) is 6.31. The van der Waals surface area contributed by atoms with E-state index < -0.39 is 0 Å². The number of rotatable bonds is 3. The molecule has 27 heavy (non-hydrogen) atoms. The van der Waals surface area contributed by atoms with Crippen molar-refractivity contribution in [2.45, 2.75) is 40.0 Å². The van der Waals surface area contributed by atoms with Crippen LogP contribution in [0.2, 0.25) is 0 Å². The lowest BCUT2D eigenvalue weighted by molar-refractivity contribution is 0.218. The van der Waals surface area contributed by atoms with Crippen LogP contribution in [0, 0.1) is 22.7 Å². The van der Waals surface area contributed by atoms with E-state index in [0.29, 0.717) is 11.3 Å². The Morgan fingerprint density at radius 2 is 1.96 bits per heavy atom. The van der Waals surface area contributed by atoms with Gasteiger partial charge in [-0.3, -0.25) is 0 Å². The number of methoxy groups -OCH3 is 1. The van der Waals surface area contributed by atoms with Crippen molar-refractivity contribution >= 4 is 54.4 Å². The molecule has 1 aliphatic carbocycles. The third-order valence-electron chi connectivity index (χ3n) is 5.14. The molecular formula is C21H22Br2N2OS. The van der Waals surface area contributed by atoms with Crippen LogP contribution in [-0.2, 0) is 12.8 Å². The molecule has 2 aromatic rings. The predicted octanol–water partition coefficient (Wildman–Crippen LogP) is 7.05. The molecule has 1 aromatic carbocycles. The Hall–Kier alpha value is -1.16. The molecule has 0 spiro atoms. The summed E-state index contributed by atoms with van der Waals surface area (Å²) in [4.78, 5) is 6.00. The summed E-state index contributed by atoms with van der Waals surface area (Å²) >= 11 is 8.71. The van der Waals surface area contributed by atoms with E-state index in [-0.39, 0.29) is 0 Å². The minimum Gasteiger partial charge on any atom is -0.494 e. The molecule has 1 aromatic heterocycles. The maximum atomic E-state index is 9.69. The number of benzene rings is 1. The summed E-state index contributed by atoms with van der Waals surface area (Å²) in [5.41, 5.74) is 3.20. The van der Waals surface area contributed by atoms with E-state index in [2.05, 4.69) is 63.7 Å². The van der Waals surface area contributed by atoms with Crippen molar-refractivity contribution in [3.05, 3.63) is 42.6 Å². The third-order valence-corrected chi connectivity index (χ3v) is 7.48. The predicted molar refractivity (Wildman–Crippen MR) is 120 cm³/mol. The van der Waals surface area contributed by atoms with E-state index in [1.807, 2.05) is 18.3 Å². The highest BCUT2D eigenvalue weighted by Crippen LogP contribution is 2.45. The molecule has 0 aliphatic heterocycles. The second-order valence-electron chi connectivity index (χ2n) is 7.88. The van der Waals surface area contributed by atoms with Gasteiger partial charge in [0.25, 0.3) is 0 Å². The Labute approximate surface area is 181 Å². The van der Waals surface area contributed by atoms with E-state index in [1.54, 1.807) is 18.4 Å². The van der Waals surface area contributed by atoms with E-state index in [1.165, 1.54) is 10.4 Å². The van der Waals surface area contributed by atoms with E-state index in [4.69, 9.17) is 4.74 Å². The molecule has 0 amide bonds. The first kappa shape index (κ1) is 20.6. The van der Waals surface area contributed by atoms with Crippen LogP contribution >= 0.6 is 43.2 Å². The van der Waals surface area contributed by atoms with Crippen LogP contribution in [0.25, 0.3) is 0 Å². The first-order chi connectivity index (χ1) is 12.7. The summed E-state index contributed by atoms with van der Waals surface area (Å²) in [5.74, 6) is 1.41. The Morgan fingerprint density at radius 1 is 1.30 bits per heavy atom. The molecule has 1 atom stereocenters. The van der Waals surface area contributed by atoms with Gasteiger partial charge in [0, 0.05) is 11.1 Å². The van der Waals surface area contributed by atoms with E-state index >= 15 is 0 Å². The lowest BCUT2D eigenvalue weighted by Gasteiger charge is -2.33. The molecule has 0 fully saturated rings. The normalized spacial score (nSPS) is 17.0. The standard InChI is InChI=1S/C21H22Br2N2OS/c1-21(2,3)13-5-6-14-15(10-24)20(27-18(14)9-13)25-11-12-7-16(22)19(26-4)17(23)8-12/h7-8,11,13H,5-6,9H2,1-4H3/t13-/m1/s1. The fraction of sp³-hybridized carbons (Fsp3) is 0.429. The zero-order chi connectivity index (χ0) is 19.8.